The number of halogens is 3. The van der Waals surface area contributed by atoms with E-state index in [1.165, 1.54) is 0 Å². The van der Waals surface area contributed by atoms with Crippen molar-refractivity contribution in [3.8, 4) is 0 Å². The molecular weight excluding hydrogens is 268 g/mol. The maximum atomic E-state index is 12.9. The lowest BCUT2D eigenvalue weighted by Crippen LogP contribution is -2.25. The standard InChI is InChI=1S/C10H8BrF2NO/c11-3-10(15)14-4-6-1-8(12)9(13)2-7(6)5-14/h1-2H,3-5H2. The average Bonchev–Trinajstić information content (AvgIpc) is 2.60. The van der Waals surface area contributed by atoms with Gasteiger partial charge in [-0.2, -0.15) is 0 Å². The second kappa shape index (κ2) is 3.89. The summed E-state index contributed by atoms with van der Waals surface area (Å²) in [5, 5.41) is 0.228. The molecule has 2 rings (SSSR count). The van der Waals surface area contributed by atoms with Crippen LogP contribution in [0.2, 0.25) is 0 Å². The van der Waals surface area contributed by atoms with Crippen LogP contribution in [0.25, 0.3) is 0 Å². The normalized spacial score (nSPS) is 14.2. The van der Waals surface area contributed by atoms with Crippen molar-refractivity contribution < 1.29 is 13.6 Å². The quantitative estimate of drug-likeness (QED) is 0.720. The molecule has 0 aromatic heterocycles. The van der Waals surface area contributed by atoms with Gasteiger partial charge >= 0.3 is 0 Å². The molecule has 0 unspecified atom stereocenters. The predicted octanol–water partition coefficient (Wildman–Crippen LogP) is 2.20. The second-order valence-electron chi connectivity index (χ2n) is 3.42. The smallest absolute Gasteiger partial charge is 0.233 e. The first-order valence-corrected chi connectivity index (χ1v) is 5.54. The minimum Gasteiger partial charge on any atom is -0.333 e. The number of fused-ring (bicyclic) bond motifs is 1. The van der Waals surface area contributed by atoms with Crippen LogP contribution in [0.3, 0.4) is 0 Å². The highest BCUT2D eigenvalue weighted by Crippen LogP contribution is 2.25. The van der Waals surface area contributed by atoms with Gasteiger partial charge in [-0.3, -0.25) is 4.79 Å². The van der Waals surface area contributed by atoms with Gasteiger partial charge in [-0.15, -0.1) is 0 Å². The first-order chi connectivity index (χ1) is 7.11. The summed E-state index contributed by atoms with van der Waals surface area (Å²) in [5.74, 6) is -1.80. The Morgan fingerprint density at radius 2 is 1.73 bits per heavy atom. The van der Waals surface area contributed by atoms with Crippen LogP contribution < -0.4 is 0 Å². The van der Waals surface area contributed by atoms with Gasteiger partial charge in [0.1, 0.15) is 0 Å². The molecule has 1 amide bonds. The highest BCUT2D eigenvalue weighted by atomic mass is 79.9. The number of alkyl halides is 1. The number of amides is 1. The molecule has 0 bridgehead atoms. The summed E-state index contributed by atoms with van der Waals surface area (Å²) in [6.07, 6.45) is 0. The van der Waals surface area contributed by atoms with E-state index in [0.717, 1.165) is 12.1 Å². The molecule has 1 aromatic rings. The third-order valence-corrected chi connectivity index (χ3v) is 2.91. The Balaban J connectivity index is 2.27. The molecule has 0 saturated heterocycles. The fraction of sp³-hybridized carbons (Fsp3) is 0.300. The number of hydrogen-bond acceptors (Lipinski definition) is 1. The first kappa shape index (κ1) is 10.5. The Kier molecular flexibility index (Phi) is 2.73. The molecule has 0 fully saturated rings. The molecule has 0 N–H and O–H groups in total. The van der Waals surface area contributed by atoms with E-state index < -0.39 is 11.6 Å². The number of hydrogen-bond donors (Lipinski definition) is 0. The number of carbonyl (C=O) groups is 1. The zero-order valence-corrected chi connectivity index (χ0v) is 9.35. The van der Waals surface area contributed by atoms with E-state index in [1.807, 2.05) is 0 Å². The maximum Gasteiger partial charge on any atom is 0.233 e. The van der Waals surface area contributed by atoms with Gasteiger partial charge in [0, 0.05) is 13.1 Å². The number of rotatable bonds is 1. The monoisotopic (exact) mass is 275 g/mol. The Labute approximate surface area is 94.0 Å². The molecule has 0 aliphatic carbocycles. The lowest BCUT2D eigenvalue weighted by molar-refractivity contribution is -0.128. The molecule has 5 heteroatoms. The lowest BCUT2D eigenvalue weighted by Gasteiger charge is -2.12. The van der Waals surface area contributed by atoms with Gasteiger partial charge in [0.25, 0.3) is 0 Å². The van der Waals surface area contributed by atoms with Crippen LogP contribution in [-0.4, -0.2) is 16.1 Å². The van der Waals surface area contributed by atoms with Crippen molar-refractivity contribution in [1.29, 1.82) is 0 Å². The second-order valence-corrected chi connectivity index (χ2v) is 3.98. The summed E-state index contributed by atoms with van der Waals surface area (Å²) in [7, 11) is 0. The van der Waals surface area contributed by atoms with Gasteiger partial charge < -0.3 is 4.90 Å². The Bertz CT molecular complexity index is 391. The van der Waals surface area contributed by atoms with Gasteiger partial charge in [0.05, 0.1) is 5.33 Å². The fourth-order valence-corrected chi connectivity index (χ4v) is 2.01. The van der Waals surface area contributed by atoms with Crippen LogP contribution in [-0.2, 0) is 17.9 Å². The van der Waals surface area contributed by atoms with Gasteiger partial charge in [0.15, 0.2) is 11.6 Å². The van der Waals surface area contributed by atoms with Gasteiger partial charge in [0.2, 0.25) is 5.91 Å². The number of benzene rings is 1. The van der Waals surface area contributed by atoms with Crippen molar-refractivity contribution in [3.05, 3.63) is 34.9 Å². The highest BCUT2D eigenvalue weighted by molar-refractivity contribution is 9.09. The summed E-state index contributed by atoms with van der Waals surface area (Å²) in [6, 6.07) is 2.32. The fourth-order valence-electron chi connectivity index (χ4n) is 1.65. The maximum absolute atomic E-state index is 12.9. The Hall–Kier alpha value is -0.970. The van der Waals surface area contributed by atoms with Crippen molar-refractivity contribution in [3.63, 3.8) is 0 Å². The van der Waals surface area contributed by atoms with E-state index in [2.05, 4.69) is 15.9 Å². The van der Waals surface area contributed by atoms with Crippen LogP contribution in [0.5, 0.6) is 0 Å². The van der Waals surface area contributed by atoms with Crippen molar-refractivity contribution in [2.24, 2.45) is 0 Å². The van der Waals surface area contributed by atoms with E-state index in [9.17, 15) is 13.6 Å². The zero-order valence-electron chi connectivity index (χ0n) is 7.77. The van der Waals surface area contributed by atoms with Crippen LogP contribution in [0.4, 0.5) is 8.78 Å². The van der Waals surface area contributed by atoms with E-state index >= 15 is 0 Å². The first-order valence-electron chi connectivity index (χ1n) is 4.42. The van der Waals surface area contributed by atoms with Crippen LogP contribution >= 0.6 is 15.9 Å². The summed E-state index contributed by atoms with van der Waals surface area (Å²) >= 11 is 3.06. The SMILES string of the molecule is O=C(CBr)N1Cc2cc(F)c(F)cc2C1. The molecule has 1 heterocycles. The number of carbonyl (C=O) groups excluding carboxylic acids is 1. The number of nitrogens with zero attached hydrogens (tertiary/aromatic N) is 1. The van der Waals surface area contributed by atoms with E-state index in [-0.39, 0.29) is 11.2 Å². The molecule has 1 aliphatic heterocycles. The van der Waals surface area contributed by atoms with Crippen molar-refractivity contribution >= 4 is 21.8 Å². The summed E-state index contributed by atoms with van der Waals surface area (Å²) in [6.45, 7) is 0.716. The summed E-state index contributed by atoms with van der Waals surface area (Å²) < 4.78 is 25.8. The molecule has 0 saturated carbocycles. The van der Waals surface area contributed by atoms with Crippen LogP contribution in [0.15, 0.2) is 12.1 Å². The van der Waals surface area contributed by atoms with Crippen molar-refractivity contribution in [2.75, 3.05) is 5.33 Å². The molecule has 15 heavy (non-hydrogen) atoms. The molecule has 0 atom stereocenters. The minimum absolute atomic E-state index is 0.0768. The molecule has 0 spiro atoms. The third kappa shape index (κ3) is 1.88. The van der Waals surface area contributed by atoms with Crippen LogP contribution in [0, 0.1) is 11.6 Å². The van der Waals surface area contributed by atoms with Crippen molar-refractivity contribution in [2.45, 2.75) is 13.1 Å². The lowest BCUT2D eigenvalue weighted by atomic mass is 10.1. The zero-order chi connectivity index (χ0) is 11.0. The molecule has 0 radical (unpaired) electrons. The van der Waals surface area contributed by atoms with E-state index in [0.29, 0.717) is 24.2 Å². The van der Waals surface area contributed by atoms with E-state index in [1.54, 1.807) is 4.90 Å². The van der Waals surface area contributed by atoms with E-state index in [4.69, 9.17) is 0 Å². The minimum atomic E-state index is -0.859. The van der Waals surface area contributed by atoms with Crippen LogP contribution in [0.1, 0.15) is 11.1 Å². The van der Waals surface area contributed by atoms with Gasteiger partial charge in [-0.1, -0.05) is 15.9 Å². The molecule has 1 aliphatic rings. The Morgan fingerprint density at radius 3 is 2.13 bits per heavy atom. The topological polar surface area (TPSA) is 20.3 Å². The molecule has 1 aromatic carbocycles. The molecular formula is C10H8BrF2NO. The summed E-state index contributed by atoms with van der Waals surface area (Å²) in [5.41, 5.74) is 1.37. The third-order valence-electron chi connectivity index (χ3n) is 2.43. The molecule has 80 valence electrons. The predicted molar refractivity (Wildman–Crippen MR) is 54.4 cm³/mol. The Morgan fingerprint density at radius 1 is 1.27 bits per heavy atom. The van der Waals surface area contributed by atoms with Crippen molar-refractivity contribution in [1.82, 2.24) is 4.90 Å². The highest BCUT2D eigenvalue weighted by Gasteiger charge is 2.24. The van der Waals surface area contributed by atoms with Gasteiger partial charge in [-0.25, -0.2) is 8.78 Å². The molecule has 2 nitrogen and oxygen atoms in total. The summed E-state index contributed by atoms with van der Waals surface area (Å²) in [4.78, 5) is 12.9. The largest absolute Gasteiger partial charge is 0.333 e. The average molecular weight is 276 g/mol. The van der Waals surface area contributed by atoms with Gasteiger partial charge in [-0.05, 0) is 23.3 Å².